The molecular formula is C27H22F3N5O3. The number of halogens is 3. The number of hydrogen-bond acceptors (Lipinski definition) is 8. The second-order valence-electron chi connectivity index (χ2n) is 7.86. The first kappa shape index (κ1) is 26.1. The Bertz CT molecular complexity index is 1410. The van der Waals surface area contributed by atoms with Crippen LogP contribution in [0.3, 0.4) is 0 Å². The molecule has 0 spiro atoms. The standard InChI is InChI=1S/C27H22F3N5O3/c28-27(29,30)25(36)37-15-5-4-8-20-16-22(13-14-32-20)38-21-11-9-19(10-12-21)33-24-17-23(34-26(31)35-24)18-6-2-1-3-7-18/h1-4,6-14,16-17H,5,15H2,(H3,31,33,34,35). The van der Waals surface area contributed by atoms with Gasteiger partial charge in [0.1, 0.15) is 17.3 Å². The van der Waals surface area contributed by atoms with Crippen LogP contribution in [0.15, 0.2) is 85.1 Å². The van der Waals surface area contributed by atoms with Crippen LogP contribution in [0.1, 0.15) is 12.1 Å². The summed E-state index contributed by atoms with van der Waals surface area (Å²) >= 11 is 0. The van der Waals surface area contributed by atoms with E-state index in [0.717, 1.165) is 11.3 Å². The zero-order valence-electron chi connectivity index (χ0n) is 19.9. The van der Waals surface area contributed by atoms with Crippen molar-refractivity contribution in [1.29, 1.82) is 0 Å². The molecule has 0 amide bonds. The number of aromatic nitrogens is 3. The van der Waals surface area contributed by atoms with Crippen LogP contribution in [-0.4, -0.2) is 33.7 Å². The first-order valence-corrected chi connectivity index (χ1v) is 11.4. The highest BCUT2D eigenvalue weighted by Gasteiger charge is 2.40. The smallest absolute Gasteiger partial charge is 0.459 e. The first-order valence-electron chi connectivity index (χ1n) is 11.4. The Morgan fingerprint density at radius 1 is 0.974 bits per heavy atom. The highest BCUT2D eigenvalue weighted by atomic mass is 19.4. The molecule has 4 aromatic rings. The number of carbonyl (C=O) groups is 1. The number of carbonyl (C=O) groups excluding carboxylic acids is 1. The van der Waals surface area contributed by atoms with Crippen LogP contribution in [0, 0.1) is 0 Å². The van der Waals surface area contributed by atoms with E-state index < -0.39 is 12.1 Å². The third kappa shape index (κ3) is 7.53. The molecular weight excluding hydrogens is 499 g/mol. The van der Waals surface area contributed by atoms with E-state index in [1.54, 1.807) is 42.6 Å². The number of hydrogen-bond donors (Lipinski definition) is 2. The van der Waals surface area contributed by atoms with Gasteiger partial charge in [-0.1, -0.05) is 36.4 Å². The van der Waals surface area contributed by atoms with Gasteiger partial charge in [-0.25, -0.2) is 9.78 Å². The molecule has 0 radical (unpaired) electrons. The van der Waals surface area contributed by atoms with Gasteiger partial charge in [0, 0.05) is 29.6 Å². The van der Waals surface area contributed by atoms with E-state index in [2.05, 4.69) is 25.0 Å². The molecule has 0 atom stereocenters. The van der Waals surface area contributed by atoms with Gasteiger partial charge >= 0.3 is 12.1 Å². The van der Waals surface area contributed by atoms with Gasteiger partial charge in [-0.2, -0.15) is 18.2 Å². The Morgan fingerprint density at radius 2 is 1.74 bits per heavy atom. The van der Waals surface area contributed by atoms with Crippen molar-refractivity contribution in [3.05, 3.63) is 90.8 Å². The van der Waals surface area contributed by atoms with Crippen LogP contribution in [0.2, 0.25) is 0 Å². The van der Waals surface area contributed by atoms with Gasteiger partial charge in [0.05, 0.1) is 18.0 Å². The number of nitrogens with two attached hydrogens (primary N) is 1. The van der Waals surface area contributed by atoms with Crippen LogP contribution < -0.4 is 15.8 Å². The Morgan fingerprint density at radius 3 is 2.47 bits per heavy atom. The summed E-state index contributed by atoms with van der Waals surface area (Å²) in [6, 6.07) is 22.0. The molecule has 0 aliphatic heterocycles. The molecule has 0 saturated carbocycles. The fourth-order valence-electron chi connectivity index (χ4n) is 3.27. The minimum atomic E-state index is -5.00. The van der Waals surface area contributed by atoms with Gasteiger partial charge in [-0.05, 0) is 42.8 Å². The lowest BCUT2D eigenvalue weighted by molar-refractivity contribution is -0.199. The number of rotatable bonds is 9. The fraction of sp³-hybridized carbons (Fsp3) is 0.111. The molecule has 0 unspecified atom stereocenters. The Balaban J connectivity index is 1.34. The zero-order valence-corrected chi connectivity index (χ0v) is 19.9. The maximum absolute atomic E-state index is 12.1. The second kappa shape index (κ2) is 11.9. The van der Waals surface area contributed by atoms with Crippen molar-refractivity contribution < 1.29 is 27.4 Å². The number of pyridine rings is 1. The van der Waals surface area contributed by atoms with Gasteiger partial charge < -0.3 is 20.5 Å². The zero-order chi connectivity index (χ0) is 27.0. The summed E-state index contributed by atoms with van der Waals surface area (Å²) in [5.74, 6) is -0.427. The highest BCUT2D eigenvalue weighted by molar-refractivity contribution is 5.75. The van der Waals surface area contributed by atoms with E-state index in [1.165, 1.54) is 0 Å². The van der Waals surface area contributed by atoms with Crippen molar-refractivity contribution in [1.82, 2.24) is 15.0 Å². The van der Waals surface area contributed by atoms with E-state index in [1.807, 2.05) is 48.5 Å². The molecule has 0 fully saturated rings. The summed E-state index contributed by atoms with van der Waals surface area (Å²) in [6.07, 6.45) is -0.203. The van der Waals surface area contributed by atoms with Crippen molar-refractivity contribution in [3.63, 3.8) is 0 Å². The van der Waals surface area contributed by atoms with Crippen LogP contribution in [0.4, 0.5) is 30.6 Å². The lowest BCUT2D eigenvalue weighted by Crippen LogP contribution is -2.25. The molecule has 2 heterocycles. The fourth-order valence-corrected chi connectivity index (χ4v) is 3.27. The summed E-state index contributed by atoms with van der Waals surface area (Å²) < 4.78 is 46.4. The summed E-state index contributed by atoms with van der Waals surface area (Å²) in [5, 5.41) is 3.20. The number of alkyl halides is 3. The van der Waals surface area contributed by atoms with Gasteiger partial charge in [-0.15, -0.1) is 0 Å². The topological polar surface area (TPSA) is 112 Å². The number of nitrogens with one attached hydrogen (secondary N) is 1. The van der Waals surface area contributed by atoms with Crippen molar-refractivity contribution in [2.24, 2.45) is 0 Å². The van der Waals surface area contributed by atoms with E-state index in [9.17, 15) is 18.0 Å². The molecule has 0 bridgehead atoms. The van der Waals surface area contributed by atoms with Crippen LogP contribution >= 0.6 is 0 Å². The van der Waals surface area contributed by atoms with Crippen molar-refractivity contribution in [3.8, 4) is 22.8 Å². The minimum Gasteiger partial charge on any atom is -0.459 e. The normalized spacial score (nSPS) is 11.3. The predicted octanol–water partition coefficient (Wildman–Crippen LogP) is 6.17. The summed E-state index contributed by atoms with van der Waals surface area (Å²) in [4.78, 5) is 23.4. The van der Waals surface area contributed by atoms with Crippen LogP contribution in [0.5, 0.6) is 11.5 Å². The first-order chi connectivity index (χ1) is 18.3. The van der Waals surface area contributed by atoms with Crippen molar-refractivity contribution >= 4 is 29.5 Å². The lowest BCUT2D eigenvalue weighted by atomic mass is 10.1. The number of ether oxygens (including phenoxy) is 2. The molecule has 0 aliphatic carbocycles. The van der Waals surface area contributed by atoms with Crippen molar-refractivity contribution in [2.75, 3.05) is 17.7 Å². The van der Waals surface area contributed by atoms with Crippen LogP contribution in [-0.2, 0) is 9.53 Å². The second-order valence-corrected chi connectivity index (χ2v) is 7.86. The molecule has 3 N–H and O–H groups in total. The van der Waals surface area contributed by atoms with E-state index in [0.29, 0.717) is 28.7 Å². The Labute approximate surface area is 216 Å². The number of esters is 1. The molecule has 38 heavy (non-hydrogen) atoms. The van der Waals surface area contributed by atoms with Crippen LogP contribution in [0.25, 0.3) is 17.3 Å². The van der Waals surface area contributed by atoms with Gasteiger partial charge in [-0.3, -0.25) is 4.98 Å². The average Bonchev–Trinajstić information content (AvgIpc) is 2.89. The average molecular weight is 521 g/mol. The summed E-state index contributed by atoms with van der Waals surface area (Å²) in [6.45, 7) is -0.388. The number of benzene rings is 2. The molecule has 2 aromatic carbocycles. The van der Waals surface area contributed by atoms with Gasteiger partial charge in [0.25, 0.3) is 0 Å². The maximum Gasteiger partial charge on any atom is 0.490 e. The lowest BCUT2D eigenvalue weighted by Gasteiger charge is -2.10. The third-order valence-corrected chi connectivity index (χ3v) is 4.97. The summed E-state index contributed by atoms with van der Waals surface area (Å²) in [5.41, 5.74) is 8.80. The monoisotopic (exact) mass is 521 g/mol. The third-order valence-electron chi connectivity index (χ3n) is 4.97. The largest absolute Gasteiger partial charge is 0.490 e. The number of nitrogens with zero attached hydrogens (tertiary/aromatic N) is 3. The molecule has 11 heteroatoms. The van der Waals surface area contributed by atoms with Gasteiger partial charge in [0.2, 0.25) is 5.95 Å². The molecule has 4 rings (SSSR count). The molecule has 0 saturated heterocycles. The number of anilines is 3. The SMILES string of the molecule is Nc1nc(Nc2ccc(Oc3ccnc(C=CCCOC(=O)C(F)(F)F)c3)cc2)cc(-c2ccccc2)n1. The van der Waals surface area contributed by atoms with E-state index in [4.69, 9.17) is 10.5 Å². The highest BCUT2D eigenvalue weighted by Crippen LogP contribution is 2.26. The van der Waals surface area contributed by atoms with Gasteiger partial charge in [0.15, 0.2) is 0 Å². The molecule has 8 nitrogen and oxygen atoms in total. The van der Waals surface area contributed by atoms with E-state index >= 15 is 0 Å². The quantitative estimate of drug-likeness (QED) is 0.199. The number of nitrogen functional groups attached to an aromatic ring is 1. The predicted molar refractivity (Wildman–Crippen MR) is 137 cm³/mol. The van der Waals surface area contributed by atoms with E-state index in [-0.39, 0.29) is 19.0 Å². The molecule has 2 aromatic heterocycles. The Kier molecular flexibility index (Phi) is 8.17. The van der Waals surface area contributed by atoms with Crippen molar-refractivity contribution in [2.45, 2.75) is 12.6 Å². The maximum atomic E-state index is 12.1. The molecule has 0 aliphatic rings. The minimum absolute atomic E-state index is 0.105. The molecule has 194 valence electrons. The Hall–Kier alpha value is -4.93. The summed E-state index contributed by atoms with van der Waals surface area (Å²) in [7, 11) is 0.